The van der Waals surface area contributed by atoms with E-state index in [4.69, 9.17) is 0 Å². The lowest BCUT2D eigenvalue weighted by Crippen LogP contribution is -2.22. The molecule has 1 unspecified atom stereocenters. The van der Waals surface area contributed by atoms with Crippen LogP contribution in [0.4, 0.5) is 17.6 Å². The van der Waals surface area contributed by atoms with Crippen molar-refractivity contribution in [2.45, 2.75) is 25.3 Å². The van der Waals surface area contributed by atoms with E-state index in [1.807, 2.05) is 24.3 Å². The van der Waals surface area contributed by atoms with Gasteiger partial charge in [0, 0.05) is 26.3 Å². The summed E-state index contributed by atoms with van der Waals surface area (Å²) in [5, 5.41) is 13.5. The molecule has 0 saturated heterocycles. The van der Waals surface area contributed by atoms with Crippen LogP contribution >= 0.6 is 0 Å². The second-order valence-corrected chi connectivity index (χ2v) is 8.27. The molecule has 0 amide bonds. The number of hydrogen-bond acceptors (Lipinski definition) is 6. The van der Waals surface area contributed by atoms with Crippen molar-refractivity contribution in [1.29, 1.82) is 0 Å². The van der Waals surface area contributed by atoms with Crippen LogP contribution in [0.15, 0.2) is 47.4 Å². The van der Waals surface area contributed by atoms with Crippen LogP contribution in [0.1, 0.15) is 16.7 Å². The van der Waals surface area contributed by atoms with E-state index >= 15 is 0 Å². The molecule has 0 bridgehead atoms. The van der Waals surface area contributed by atoms with Crippen molar-refractivity contribution in [3.05, 3.63) is 59.2 Å². The van der Waals surface area contributed by atoms with Gasteiger partial charge in [-0.05, 0) is 54.8 Å². The summed E-state index contributed by atoms with van der Waals surface area (Å²) >= 11 is -1.13. The van der Waals surface area contributed by atoms with E-state index < -0.39 is 11.4 Å². The van der Waals surface area contributed by atoms with Crippen molar-refractivity contribution in [3.63, 3.8) is 0 Å². The molecule has 0 saturated carbocycles. The lowest BCUT2D eigenvalue weighted by Gasteiger charge is -2.15. The summed E-state index contributed by atoms with van der Waals surface area (Å²) < 4.78 is 13.7. The fraction of sp³-hybridized carbons (Fsp3) is 0.263. The van der Waals surface area contributed by atoms with Gasteiger partial charge in [-0.25, -0.2) is 5.10 Å². The number of aromatic amines is 1. The second-order valence-electron chi connectivity index (χ2n) is 6.57. The first-order valence-corrected chi connectivity index (χ1v) is 9.71. The van der Waals surface area contributed by atoms with Gasteiger partial charge in [0.05, 0.1) is 11.4 Å². The van der Waals surface area contributed by atoms with Gasteiger partial charge >= 0.3 is 0 Å². The van der Waals surface area contributed by atoms with Crippen molar-refractivity contribution in [3.8, 4) is 0 Å². The maximum Gasteiger partial charge on any atom is 0.248 e. The van der Waals surface area contributed by atoms with E-state index in [1.165, 1.54) is 11.1 Å². The average Bonchev–Trinajstić information content (AvgIpc) is 3.06. The first kappa shape index (κ1) is 19.2. The zero-order chi connectivity index (χ0) is 19.4. The predicted molar refractivity (Wildman–Crippen MR) is 109 cm³/mol. The molecule has 0 aliphatic heterocycles. The first-order valence-electron chi connectivity index (χ1n) is 8.60. The van der Waals surface area contributed by atoms with Crippen LogP contribution in [0.3, 0.4) is 0 Å². The number of rotatable bonds is 7. The van der Waals surface area contributed by atoms with E-state index in [0.29, 0.717) is 18.4 Å². The van der Waals surface area contributed by atoms with Crippen molar-refractivity contribution >= 4 is 28.9 Å². The second kappa shape index (κ2) is 8.43. The fourth-order valence-electron chi connectivity index (χ4n) is 2.69. The number of aromatic nitrogens is 3. The molecule has 0 fully saturated rings. The molecule has 1 heterocycles. The minimum absolute atomic E-state index is 0.513. The van der Waals surface area contributed by atoms with Gasteiger partial charge in [-0.15, -0.1) is 9.40 Å². The fourth-order valence-corrected chi connectivity index (χ4v) is 3.48. The molecule has 3 aromatic rings. The molecule has 3 rings (SSSR count). The molecule has 142 valence electrons. The highest BCUT2D eigenvalue weighted by molar-refractivity contribution is 7.89. The molecule has 0 aliphatic carbocycles. The molecule has 1 atom stereocenters. The molecular formula is C19H24N6OS. The lowest BCUT2D eigenvalue weighted by molar-refractivity contribution is 0.520. The topological polar surface area (TPSA) is 91.9 Å². The molecule has 1 aromatic heterocycles. The normalized spacial score (nSPS) is 12.2. The molecule has 0 aliphatic rings. The van der Waals surface area contributed by atoms with Gasteiger partial charge in [-0.3, -0.25) is 0 Å². The summed E-state index contributed by atoms with van der Waals surface area (Å²) in [6, 6.07) is 13.9. The summed E-state index contributed by atoms with van der Waals surface area (Å²) in [6.07, 6.45) is 0. The monoisotopic (exact) mass is 384 g/mol. The standard InChI is InChI=1S/C19H24N6OS/c1-13-9-14(2)11-16(10-13)21-19-22-18(23-24-19)20-12-15-5-7-17(8-6-15)27(26)25(3)4/h5-11H,12H2,1-4H3,(H3,20,21,22,23,24). The molecule has 27 heavy (non-hydrogen) atoms. The largest absolute Gasteiger partial charge is 0.593 e. The highest BCUT2D eigenvalue weighted by Gasteiger charge is 2.13. The van der Waals surface area contributed by atoms with Gasteiger partial charge < -0.3 is 15.2 Å². The third-order valence-corrected chi connectivity index (χ3v) is 5.22. The van der Waals surface area contributed by atoms with E-state index in [-0.39, 0.29) is 0 Å². The minimum atomic E-state index is -1.13. The molecule has 8 heteroatoms. The predicted octanol–water partition coefficient (Wildman–Crippen LogP) is 3.36. The van der Waals surface area contributed by atoms with Crippen LogP contribution < -0.4 is 10.6 Å². The van der Waals surface area contributed by atoms with Crippen molar-refractivity contribution in [2.75, 3.05) is 24.7 Å². The molecule has 2 aromatic carbocycles. The van der Waals surface area contributed by atoms with E-state index in [1.54, 1.807) is 18.4 Å². The third kappa shape index (κ3) is 5.22. The number of H-pyrrole nitrogens is 1. The Morgan fingerprint density at radius 2 is 1.74 bits per heavy atom. The number of aryl methyl sites for hydroxylation is 2. The summed E-state index contributed by atoms with van der Waals surface area (Å²) in [4.78, 5) is 5.19. The Balaban J connectivity index is 1.58. The van der Waals surface area contributed by atoms with Gasteiger partial charge in [0.2, 0.25) is 11.9 Å². The van der Waals surface area contributed by atoms with Crippen LogP contribution in [0.5, 0.6) is 0 Å². The van der Waals surface area contributed by atoms with Gasteiger partial charge in [0.25, 0.3) is 0 Å². The Bertz CT molecular complexity index is 873. The van der Waals surface area contributed by atoms with Crippen LogP contribution in [0, 0.1) is 13.8 Å². The smallest absolute Gasteiger partial charge is 0.248 e. The van der Waals surface area contributed by atoms with Gasteiger partial charge in [-0.1, -0.05) is 18.2 Å². The van der Waals surface area contributed by atoms with Crippen LogP contribution in [-0.2, 0) is 17.9 Å². The molecule has 0 radical (unpaired) electrons. The van der Waals surface area contributed by atoms with Gasteiger partial charge in [-0.2, -0.15) is 4.98 Å². The Hall–Kier alpha value is -2.55. The summed E-state index contributed by atoms with van der Waals surface area (Å²) in [7, 11) is 3.58. The van der Waals surface area contributed by atoms with Gasteiger partial charge in [0.15, 0.2) is 4.90 Å². The number of benzene rings is 2. The Morgan fingerprint density at radius 1 is 1.07 bits per heavy atom. The summed E-state index contributed by atoms with van der Waals surface area (Å²) in [5.41, 5.74) is 4.40. The van der Waals surface area contributed by atoms with Crippen LogP contribution in [0.25, 0.3) is 0 Å². The molecule has 0 spiro atoms. The third-order valence-electron chi connectivity index (χ3n) is 3.88. The SMILES string of the molecule is Cc1cc(C)cc(Nc2n[nH]c(NCc3ccc([S+]([O-])N(C)C)cc3)n2)c1. The first-order chi connectivity index (χ1) is 12.9. The zero-order valence-electron chi connectivity index (χ0n) is 15.9. The quantitative estimate of drug-likeness (QED) is 0.541. The van der Waals surface area contributed by atoms with E-state index in [9.17, 15) is 4.55 Å². The molecular weight excluding hydrogens is 360 g/mol. The Labute approximate surface area is 162 Å². The van der Waals surface area contributed by atoms with Crippen LogP contribution in [0.2, 0.25) is 0 Å². The summed E-state index contributed by atoms with van der Waals surface area (Å²) in [5.74, 6) is 1.10. The highest BCUT2D eigenvalue weighted by atomic mass is 32.2. The van der Waals surface area contributed by atoms with Gasteiger partial charge in [0.1, 0.15) is 0 Å². The summed E-state index contributed by atoms with van der Waals surface area (Å²) in [6.45, 7) is 4.71. The maximum absolute atomic E-state index is 12.0. The molecule has 3 N–H and O–H groups in total. The van der Waals surface area contributed by atoms with Crippen LogP contribution in [-0.4, -0.2) is 38.1 Å². The van der Waals surface area contributed by atoms with Crippen molar-refractivity contribution < 1.29 is 4.55 Å². The zero-order valence-corrected chi connectivity index (χ0v) is 16.7. The number of hydrogen-bond donors (Lipinski definition) is 3. The maximum atomic E-state index is 12.0. The highest BCUT2D eigenvalue weighted by Crippen LogP contribution is 2.18. The number of nitrogens with one attached hydrogen (secondary N) is 3. The van der Waals surface area contributed by atoms with Crippen molar-refractivity contribution in [1.82, 2.24) is 19.5 Å². The van der Waals surface area contributed by atoms with Crippen molar-refractivity contribution in [2.24, 2.45) is 0 Å². The van der Waals surface area contributed by atoms with E-state index in [2.05, 4.69) is 57.9 Å². The number of anilines is 3. The minimum Gasteiger partial charge on any atom is -0.593 e. The average molecular weight is 385 g/mol. The Morgan fingerprint density at radius 3 is 2.37 bits per heavy atom. The lowest BCUT2D eigenvalue weighted by atomic mass is 10.1. The molecule has 7 nitrogen and oxygen atoms in total. The number of nitrogens with zero attached hydrogens (tertiary/aromatic N) is 3. The van der Waals surface area contributed by atoms with E-state index in [0.717, 1.165) is 16.1 Å². The Kier molecular flexibility index (Phi) is 6.00.